The van der Waals surface area contributed by atoms with Crippen molar-refractivity contribution in [2.45, 2.75) is 76.4 Å². The summed E-state index contributed by atoms with van der Waals surface area (Å²) in [6, 6.07) is 0. The maximum atomic E-state index is 5.99. The van der Waals surface area contributed by atoms with Gasteiger partial charge in [0.1, 0.15) is 0 Å². The molecule has 2 aliphatic rings. The third-order valence-electron chi connectivity index (χ3n) is 3.84. The summed E-state index contributed by atoms with van der Waals surface area (Å²) in [6.45, 7) is 1.90. The molecule has 2 nitrogen and oxygen atoms in total. The van der Waals surface area contributed by atoms with Gasteiger partial charge < -0.3 is 9.47 Å². The Bertz CT molecular complexity index is 146. The molecule has 2 saturated heterocycles. The molecule has 2 atom stereocenters. The van der Waals surface area contributed by atoms with Crippen LogP contribution in [0.1, 0.15) is 64.2 Å². The Morgan fingerprint density at radius 1 is 0.500 bits per heavy atom. The van der Waals surface area contributed by atoms with Crippen LogP contribution in [0, 0.1) is 0 Å². The van der Waals surface area contributed by atoms with E-state index in [-0.39, 0.29) is 0 Å². The zero-order valence-electron chi connectivity index (χ0n) is 10.5. The number of hydrogen-bond donors (Lipinski definition) is 0. The van der Waals surface area contributed by atoms with E-state index in [0.29, 0.717) is 12.2 Å². The van der Waals surface area contributed by atoms with Crippen LogP contribution in [0.25, 0.3) is 0 Å². The molecule has 0 amide bonds. The summed E-state index contributed by atoms with van der Waals surface area (Å²) in [4.78, 5) is 0. The van der Waals surface area contributed by atoms with Gasteiger partial charge in [0, 0.05) is 13.2 Å². The molecule has 2 aliphatic heterocycles. The summed E-state index contributed by atoms with van der Waals surface area (Å²) in [5, 5.41) is 0. The van der Waals surface area contributed by atoms with Gasteiger partial charge in [-0.1, -0.05) is 38.5 Å². The van der Waals surface area contributed by atoms with E-state index in [2.05, 4.69) is 0 Å². The second kappa shape index (κ2) is 7.29. The lowest BCUT2D eigenvalue weighted by molar-refractivity contribution is -0.0885. The molecule has 0 aromatic rings. The van der Waals surface area contributed by atoms with Gasteiger partial charge in [0.2, 0.25) is 0 Å². The van der Waals surface area contributed by atoms with Crippen molar-refractivity contribution in [3.05, 3.63) is 0 Å². The Labute approximate surface area is 99.7 Å². The maximum absolute atomic E-state index is 5.99. The molecule has 0 radical (unpaired) electrons. The quantitative estimate of drug-likeness (QED) is 0.679. The molecular weight excluding hydrogens is 200 g/mol. The lowest BCUT2D eigenvalue weighted by Gasteiger charge is -2.30. The van der Waals surface area contributed by atoms with Crippen LogP contribution < -0.4 is 0 Å². The molecule has 2 fully saturated rings. The molecule has 2 heteroatoms. The maximum Gasteiger partial charge on any atom is 0.0836 e. The standard InChI is InChI=1S/C14H26O2/c1-3-7-11-15-13(9-5-1)14-10-6-2-4-8-12-16-14/h13-14H,1-12H2. The molecule has 2 unspecified atom stereocenters. The Hall–Kier alpha value is -0.0800. The van der Waals surface area contributed by atoms with E-state index in [0.717, 1.165) is 13.2 Å². The highest BCUT2D eigenvalue weighted by molar-refractivity contribution is 4.74. The van der Waals surface area contributed by atoms with Crippen LogP contribution in [0.4, 0.5) is 0 Å². The third-order valence-corrected chi connectivity index (χ3v) is 3.84. The minimum Gasteiger partial charge on any atom is -0.376 e. The first-order valence-corrected chi connectivity index (χ1v) is 7.20. The van der Waals surface area contributed by atoms with Gasteiger partial charge in [-0.05, 0) is 25.7 Å². The first-order chi connectivity index (χ1) is 7.97. The summed E-state index contributed by atoms with van der Waals surface area (Å²) in [5.74, 6) is 0. The number of ether oxygens (including phenoxy) is 2. The molecule has 0 spiro atoms. The topological polar surface area (TPSA) is 18.5 Å². The minimum absolute atomic E-state index is 0.387. The Morgan fingerprint density at radius 2 is 0.938 bits per heavy atom. The normalized spacial score (nSPS) is 34.5. The van der Waals surface area contributed by atoms with E-state index >= 15 is 0 Å². The van der Waals surface area contributed by atoms with Gasteiger partial charge in [0.25, 0.3) is 0 Å². The number of rotatable bonds is 1. The van der Waals surface area contributed by atoms with E-state index in [4.69, 9.17) is 9.47 Å². The molecule has 0 aliphatic carbocycles. The van der Waals surface area contributed by atoms with E-state index < -0.39 is 0 Å². The van der Waals surface area contributed by atoms with Gasteiger partial charge in [-0.3, -0.25) is 0 Å². The molecule has 94 valence electrons. The van der Waals surface area contributed by atoms with Gasteiger partial charge in [-0.25, -0.2) is 0 Å². The van der Waals surface area contributed by atoms with E-state index in [1.54, 1.807) is 0 Å². The second-order valence-corrected chi connectivity index (χ2v) is 5.22. The average Bonchev–Trinajstić information content (AvgIpc) is 2.18. The van der Waals surface area contributed by atoms with Crippen molar-refractivity contribution < 1.29 is 9.47 Å². The van der Waals surface area contributed by atoms with Crippen molar-refractivity contribution in [1.29, 1.82) is 0 Å². The van der Waals surface area contributed by atoms with Gasteiger partial charge in [-0.2, -0.15) is 0 Å². The Balaban J connectivity index is 1.81. The Kier molecular flexibility index (Phi) is 5.64. The van der Waals surface area contributed by atoms with Crippen molar-refractivity contribution in [2.75, 3.05) is 13.2 Å². The summed E-state index contributed by atoms with van der Waals surface area (Å²) in [6.07, 6.45) is 13.8. The summed E-state index contributed by atoms with van der Waals surface area (Å²) in [5.41, 5.74) is 0. The van der Waals surface area contributed by atoms with Crippen molar-refractivity contribution in [1.82, 2.24) is 0 Å². The molecule has 0 N–H and O–H groups in total. The largest absolute Gasteiger partial charge is 0.376 e. The van der Waals surface area contributed by atoms with Crippen LogP contribution in [-0.4, -0.2) is 25.4 Å². The number of hydrogen-bond acceptors (Lipinski definition) is 2. The Morgan fingerprint density at radius 3 is 1.44 bits per heavy atom. The highest BCUT2D eigenvalue weighted by atomic mass is 16.5. The highest BCUT2D eigenvalue weighted by Gasteiger charge is 2.24. The molecule has 2 heterocycles. The van der Waals surface area contributed by atoms with Crippen LogP contribution in [-0.2, 0) is 9.47 Å². The van der Waals surface area contributed by atoms with Crippen LogP contribution in [0.5, 0.6) is 0 Å². The van der Waals surface area contributed by atoms with Gasteiger partial charge in [0.15, 0.2) is 0 Å². The average molecular weight is 226 g/mol. The fourth-order valence-electron chi connectivity index (χ4n) is 2.82. The lowest BCUT2D eigenvalue weighted by Crippen LogP contribution is -2.33. The molecule has 0 aromatic carbocycles. The monoisotopic (exact) mass is 226 g/mol. The fourth-order valence-corrected chi connectivity index (χ4v) is 2.82. The van der Waals surface area contributed by atoms with E-state index in [1.807, 2.05) is 0 Å². The fraction of sp³-hybridized carbons (Fsp3) is 1.00. The smallest absolute Gasteiger partial charge is 0.0836 e. The SMILES string of the molecule is C1CCCC(C2CCCCCCO2)OCC1. The van der Waals surface area contributed by atoms with Crippen molar-refractivity contribution >= 4 is 0 Å². The first kappa shape index (κ1) is 12.4. The summed E-state index contributed by atoms with van der Waals surface area (Å²) in [7, 11) is 0. The molecule has 2 rings (SSSR count). The first-order valence-electron chi connectivity index (χ1n) is 7.20. The van der Waals surface area contributed by atoms with Gasteiger partial charge >= 0.3 is 0 Å². The predicted octanol–water partition coefficient (Wildman–Crippen LogP) is 3.69. The van der Waals surface area contributed by atoms with E-state index in [9.17, 15) is 0 Å². The van der Waals surface area contributed by atoms with Crippen molar-refractivity contribution in [2.24, 2.45) is 0 Å². The molecule has 0 aromatic heterocycles. The zero-order valence-corrected chi connectivity index (χ0v) is 10.5. The van der Waals surface area contributed by atoms with Crippen molar-refractivity contribution in [3.8, 4) is 0 Å². The lowest BCUT2D eigenvalue weighted by atomic mass is 9.98. The molecule has 16 heavy (non-hydrogen) atoms. The molecular formula is C14H26O2. The van der Waals surface area contributed by atoms with E-state index in [1.165, 1.54) is 64.2 Å². The minimum atomic E-state index is 0.387. The molecule has 0 bridgehead atoms. The summed E-state index contributed by atoms with van der Waals surface area (Å²) < 4.78 is 12.0. The van der Waals surface area contributed by atoms with Gasteiger partial charge in [-0.15, -0.1) is 0 Å². The predicted molar refractivity (Wildman–Crippen MR) is 65.7 cm³/mol. The van der Waals surface area contributed by atoms with Crippen LogP contribution in [0.2, 0.25) is 0 Å². The summed E-state index contributed by atoms with van der Waals surface area (Å²) >= 11 is 0. The second-order valence-electron chi connectivity index (χ2n) is 5.22. The van der Waals surface area contributed by atoms with Crippen molar-refractivity contribution in [3.63, 3.8) is 0 Å². The van der Waals surface area contributed by atoms with Gasteiger partial charge in [0.05, 0.1) is 12.2 Å². The third kappa shape index (κ3) is 4.06. The van der Waals surface area contributed by atoms with Crippen LogP contribution >= 0.6 is 0 Å². The van der Waals surface area contributed by atoms with Crippen LogP contribution in [0.15, 0.2) is 0 Å². The van der Waals surface area contributed by atoms with Crippen LogP contribution in [0.3, 0.4) is 0 Å². The zero-order chi connectivity index (χ0) is 11.1. The highest BCUT2D eigenvalue weighted by Crippen LogP contribution is 2.23. The molecule has 0 saturated carbocycles.